The largest absolute Gasteiger partial charge is 0.455 e. The highest BCUT2D eigenvalue weighted by Crippen LogP contribution is 2.73. The number of ketones is 1. The van der Waals surface area contributed by atoms with E-state index < -0.39 is 47.0 Å². The molecule has 4 fully saturated rings. The van der Waals surface area contributed by atoms with Gasteiger partial charge in [-0.1, -0.05) is 39.8 Å². The SMILES string of the molecule is C/C=C(/C)C(=O)O[C@@H]1[C@@H](OC(C)=O)[C@@H](OC(=O)/C(C)=C\C)[C@]2(C)[C@@H]3[C@@H]([C@H]2C(=O)C[C@H]3C)C1(C)C. The van der Waals surface area contributed by atoms with Gasteiger partial charge in [0.05, 0.1) is 0 Å². The quantitative estimate of drug-likeness (QED) is 0.335. The molecule has 0 spiro atoms. The van der Waals surface area contributed by atoms with E-state index in [1.54, 1.807) is 39.8 Å². The van der Waals surface area contributed by atoms with Gasteiger partial charge >= 0.3 is 17.9 Å². The third kappa shape index (κ3) is 3.81. The Kier molecular flexibility index (Phi) is 6.90. The summed E-state index contributed by atoms with van der Waals surface area (Å²) in [7, 11) is 0. The van der Waals surface area contributed by atoms with Gasteiger partial charge in [-0.15, -0.1) is 0 Å². The van der Waals surface area contributed by atoms with Crippen molar-refractivity contribution < 1.29 is 33.4 Å². The Morgan fingerprint density at radius 1 is 0.853 bits per heavy atom. The Hall–Kier alpha value is -2.44. The number of carbonyl (C=O) groups is 4. The minimum atomic E-state index is -1.05. The number of hydrogen-bond acceptors (Lipinski definition) is 7. The highest BCUT2D eigenvalue weighted by molar-refractivity contribution is 5.89. The second-order valence-electron chi connectivity index (χ2n) is 11.0. The molecule has 0 aromatic rings. The number of esters is 3. The summed E-state index contributed by atoms with van der Waals surface area (Å²) in [4.78, 5) is 51.5. The number of Topliss-reactive ketones (excluding diaryl/α,β-unsaturated/α-hetero) is 1. The molecule has 0 unspecified atom stereocenters. The van der Waals surface area contributed by atoms with Gasteiger partial charge in [0.2, 0.25) is 0 Å². The van der Waals surface area contributed by atoms with Crippen LogP contribution in [-0.4, -0.2) is 42.0 Å². The average Bonchev–Trinajstić information content (AvgIpc) is 2.83. The molecule has 7 heteroatoms. The molecule has 0 radical (unpaired) electrons. The van der Waals surface area contributed by atoms with Crippen LogP contribution < -0.4 is 0 Å². The second kappa shape index (κ2) is 8.97. The normalized spacial score (nSPS) is 38.9. The second-order valence-corrected chi connectivity index (χ2v) is 11.0. The number of fused-ring (bicyclic) bond motifs is 3. The van der Waals surface area contributed by atoms with Gasteiger partial charge in [0.25, 0.3) is 0 Å². The average molecular weight is 475 g/mol. The molecule has 0 amide bonds. The van der Waals surface area contributed by atoms with E-state index in [4.69, 9.17) is 14.2 Å². The molecule has 8 atom stereocenters. The zero-order valence-corrected chi connectivity index (χ0v) is 21.8. The lowest BCUT2D eigenvalue weighted by atomic mass is 9.35. The monoisotopic (exact) mass is 474 g/mol. The first-order chi connectivity index (χ1) is 15.7. The maximum absolute atomic E-state index is 13.4. The van der Waals surface area contributed by atoms with Crippen LogP contribution in [-0.2, 0) is 33.4 Å². The number of allylic oxidation sites excluding steroid dienone is 2. The summed E-state index contributed by atoms with van der Waals surface area (Å²) in [6, 6.07) is 0. The van der Waals surface area contributed by atoms with Crippen molar-refractivity contribution in [2.75, 3.05) is 0 Å². The fraction of sp³-hybridized carbons (Fsp3) is 0.704. The van der Waals surface area contributed by atoms with Crippen molar-refractivity contribution in [1.29, 1.82) is 0 Å². The molecule has 4 aliphatic carbocycles. The molecule has 0 heterocycles. The van der Waals surface area contributed by atoms with Gasteiger partial charge in [-0.2, -0.15) is 0 Å². The molecule has 188 valence electrons. The van der Waals surface area contributed by atoms with Crippen LogP contribution in [0.3, 0.4) is 0 Å². The molecule has 4 aliphatic rings. The molecule has 4 saturated carbocycles. The van der Waals surface area contributed by atoms with Gasteiger partial charge in [-0.25, -0.2) is 9.59 Å². The first-order valence-electron chi connectivity index (χ1n) is 12.1. The Morgan fingerprint density at radius 3 is 1.79 bits per heavy atom. The summed E-state index contributed by atoms with van der Waals surface area (Å²) < 4.78 is 17.9. The van der Waals surface area contributed by atoms with Crippen LogP contribution in [0.25, 0.3) is 0 Å². The van der Waals surface area contributed by atoms with Crippen LogP contribution in [0.15, 0.2) is 23.3 Å². The third-order valence-electron chi connectivity index (χ3n) is 8.70. The van der Waals surface area contributed by atoms with Crippen molar-refractivity contribution in [3.63, 3.8) is 0 Å². The summed E-state index contributed by atoms with van der Waals surface area (Å²) >= 11 is 0. The van der Waals surface area contributed by atoms with Crippen molar-refractivity contribution in [2.24, 2.45) is 34.5 Å². The molecule has 4 rings (SSSR count). The molecule has 0 N–H and O–H groups in total. The molecule has 7 nitrogen and oxygen atoms in total. The van der Waals surface area contributed by atoms with E-state index in [-0.39, 0.29) is 29.5 Å². The van der Waals surface area contributed by atoms with Gasteiger partial charge in [0.1, 0.15) is 18.0 Å². The van der Waals surface area contributed by atoms with Gasteiger partial charge < -0.3 is 14.2 Å². The van der Waals surface area contributed by atoms with Gasteiger partial charge in [0.15, 0.2) is 6.10 Å². The zero-order valence-electron chi connectivity index (χ0n) is 21.8. The lowest BCUT2D eigenvalue weighted by molar-refractivity contribution is -0.242. The van der Waals surface area contributed by atoms with Crippen LogP contribution in [0.5, 0.6) is 0 Å². The molecule has 0 aliphatic heterocycles. The first-order valence-corrected chi connectivity index (χ1v) is 12.1. The fourth-order valence-corrected chi connectivity index (χ4v) is 6.92. The van der Waals surface area contributed by atoms with E-state index in [1.165, 1.54) is 6.92 Å². The Morgan fingerprint density at radius 2 is 1.35 bits per heavy atom. The minimum absolute atomic E-state index is 0.0403. The molecule has 0 aromatic heterocycles. The lowest BCUT2D eigenvalue weighted by Crippen LogP contribution is -2.71. The third-order valence-corrected chi connectivity index (χ3v) is 8.70. The molecule has 34 heavy (non-hydrogen) atoms. The maximum Gasteiger partial charge on any atom is 0.333 e. The van der Waals surface area contributed by atoms with Crippen molar-refractivity contribution in [3.8, 4) is 0 Å². The number of carbonyl (C=O) groups excluding carboxylic acids is 4. The Balaban J connectivity index is 2.22. The van der Waals surface area contributed by atoms with E-state index in [1.807, 2.05) is 27.7 Å². The molecular formula is C27H38O7. The predicted molar refractivity (Wildman–Crippen MR) is 125 cm³/mol. The highest BCUT2D eigenvalue weighted by atomic mass is 16.6. The van der Waals surface area contributed by atoms with E-state index in [0.29, 0.717) is 17.6 Å². The van der Waals surface area contributed by atoms with E-state index in [0.717, 1.165) is 0 Å². The first kappa shape index (κ1) is 26.2. The number of hydrogen-bond donors (Lipinski definition) is 0. The van der Waals surface area contributed by atoms with Crippen molar-refractivity contribution in [1.82, 2.24) is 0 Å². The summed E-state index contributed by atoms with van der Waals surface area (Å²) in [5.74, 6) is -1.89. The maximum atomic E-state index is 13.4. The van der Waals surface area contributed by atoms with E-state index in [2.05, 4.69) is 0 Å². The van der Waals surface area contributed by atoms with Gasteiger partial charge in [-0.05, 0) is 45.4 Å². The Labute approximate surface area is 202 Å². The van der Waals surface area contributed by atoms with Crippen LogP contribution in [0.1, 0.15) is 68.7 Å². The standard InChI is InChI=1S/C27H38O7/c1-10-13(3)24(30)33-22-21(32-16(6)28)23(34-25(31)14(4)11-2)27(9)18-15(5)12-17(29)19(27)20(18)26(22,7)8/h10-11,15,18-23H,12H2,1-9H3/b13-10-,14-11-/t15-,18+,19-,20+,21-,22-,23-,27-/m1/s1. The number of ether oxygens (including phenoxy) is 3. The van der Waals surface area contributed by atoms with Crippen molar-refractivity contribution in [3.05, 3.63) is 23.3 Å². The molecule has 4 bridgehead atoms. The molecule has 0 aromatic carbocycles. The van der Waals surface area contributed by atoms with Crippen LogP contribution in [0.2, 0.25) is 0 Å². The van der Waals surface area contributed by atoms with Crippen molar-refractivity contribution in [2.45, 2.75) is 87.0 Å². The zero-order chi connectivity index (χ0) is 25.7. The molecule has 0 saturated heterocycles. The van der Waals surface area contributed by atoms with E-state index in [9.17, 15) is 19.2 Å². The number of rotatable bonds is 5. The highest BCUT2D eigenvalue weighted by Gasteiger charge is 2.78. The topological polar surface area (TPSA) is 96.0 Å². The summed E-state index contributed by atoms with van der Waals surface area (Å²) in [6.07, 6.45) is 0.878. The van der Waals surface area contributed by atoms with Gasteiger partial charge in [-0.3, -0.25) is 9.59 Å². The smallest absolute Gasteiger partial charge is 0.333 e. The summed E-state index contributed by atoms with van der Waals surface area (Å²) in [6.45, 7) is 16.0. The summed E-state index contributed by atoms with van der Waals surface area (Å²) in [5.41, 5.74) is -0.618. The summed E-state index contributed by atoms with van der Waals surface area (Å²) in [5, 5.41) is 0. The predicted octanol–water partition coefficient (Wildman–Crippen LogP) is 4.19. The Bertz CT molecular complexity index is 958. The van der Waals surface area contributed by atoms with Crippen LogP contribution in [0, 0.1) is 34.5 Å². The van der Waals surface area contributed by atoms with Crippen molar-refractivity contribution >= 4 is 23.7 Å². The lowest BCUT2D eigenvalue weighted by Gasteiger charge is -2.68. The van der Waals surface area contributed by atoms with Crippen LogP contribution in [0.4, 0.5) is 0 Å². The minimum Gasteiger partial charge on any atom is -0.455 e. The van der Waals surface area contributed by atoms with Crippen LogP contribution >= 0.6 is 0 Å². The van der Waals surface area contributed by atoms with Gasteiger partial charge in [0, 0.05) is 41.2 Å². The fourth-order valence-electron chi connectivity index (χ4n) is 6.92. The molecular weight excluding hydrogens is 436 g/mol. The van der Waals surface area contributed by atoms with E-state index >= 15 is 0 Å².